The molecule has 72 valence electrons. The third-order valence-electron chi connectivity index (χ3n) is 2.03. The van der Waals surface area contributed by atoms with Gasteiger partial charge >= 0.3 is 0 Å². The zero-order valence-electron chi connectivity index (χ0n) is 7.79. The van der Waals surface area contributed by atoms with Crippen LogP contribution in [0.5, 0.6) is 0 Å². The van der Waals surface area contributed by atoms with Gasteiger partial charge in [0.05, 0.1) is 12.1 Å². The number of aliphatic hydroxyl groups is 1. The van der Waals surface area contributed by atoms with E-state index in [4.69, 9.17) is 5.73 Å². The van der Waals surface area contributed by atoms with Crippen LogP contribution in [0.1, 0.15) is 24.1 Å². The van der Waals surface area contributed by atoms with Crippen LogP contribution in [0.15, 0.2) is 18.2 Å². The monoisotopic (exact) mass is 183 g/mol. The highest BCUT2D eigenvalue weighted by molar-refractivity contribution is 5.26. The second-order valence-corrected chi connectivity index (χ2v) is 3.29. The molecule has 0 amide bonds. The summed E-state index contributed by atoms with van der Waals surface area (Å²) >= 11 is 0. The van der Waals surface area contributed by atoms with E-state index in [1.54, 1.807) is 26.0 Å². The van der Waals surface area contributed by atoms with Gasteiger partial charge in [-0.2, -0.15) is 0 Å². The van der Waals surface area contributed by atoms with Gasteiger partial charge in [0, 0.05) is 5.56 Å². The van der Waals surface area contributed by atoms with E-state index < -0.39 is 12.1 Å². The molecule has 0 aliphatic heterocycles. The van der Waals surface area contributed by atoms with Crippen LogP contribution in [0, 0.1) is 12.7 Å². The van der Waals surface area contributed by atoms with Crippen LogP contribution in [-0.2, 0) is 0 Å². The number of halogens is 1. The number of hydrogen-bond donors (Lipinski definition) is 2. The summed E-state index contributed by atoms with van der Waals surface area (Å²) in [5.41, 5.74) is 6.81. The van der Waals surface area contributed by atoms with Gasteiger partial charge < -0.3 is 10.8 Å². The van der Waals surface area contributed by atoms with E-state index in [1.807, 2.05) is 0 Å². The van der Waals surface area contributed by atoms with Crippen molar-refractivity contribution in [1.29, 1.82) is 0 Å². The van der Waals surface area contributed by atoms with Gasteiger partial charge in [0.25, 0.3) is 0 Å². The van der Waals surface area contributed by atoms with Crippen molar-refractivity contribution in [1.82, 2.24) is 0 Å². The molecular weight excluding hydrogens is 169 g/mol. The molecule has 3 heteroatoms. The van der Waals surface area contributed by atoms with Gasteiger partial charge in [-0.25, -0.2) is 4.39 Å². The molecular formula is C10H14FNO. The van der Waals surface area contributed by atoms with Crippen molar-refractivity contribution in [3.63, 3.8) is 0 Å². The second-order valence-electron chi connectivity index (χ2n) is 3.29. The van der Waals surface area contributed by atoms with E-state index in [0.29, 0.717) is 5.56 Å². The van der Waals surface area contributed by atoms with Crippen LogP contribution in [-0.4, -0.2) is 11.2 Å². The Labute approximate surface area is 77.2 Å². The van der Waals surface area contributed by atoms with E-state index in [1.165, 1.54) is 6.07 Å². The largest absolute Gasteiger partial charge is 0.391 e. The Hall–Kier alpha value is -0.930. The summed E-state index contributed by atoms with van der Waals surface area (Å²) < 4.78 is 13.3. The Morgan fingerprint density at radius 3 is 2.54 bits per heavy atom. The first-order valence-corrected chi connectivity index (χ1v) is 4.22. The minimum absolute atomic E-state index is 0.353. The quantitative estimate of drug-likeness (QED) is 0.730. The summed E-state index contributed by atoms with van der Waals surface area (Å²) in [5.74, 6) is -0.353. The number of aryl methyl sites for hydroxylation is 1. The van der Waals surface area contributed by atoms with Crippen LogP contribution in [0.4, 0.5) is 4.39 Å². The molecule has 0 saturated carbocycles. The minimum Gasteiger partial charge on any atom is -0.391 e. The van der Waals surface area contributed by atoms with Crippen LogP contribution in [0.25, 0.3) is 0 Å². The molecule has 0 fully saturated rings. The normalized spacial score (nSPS) is 15.5. The summed E-state index contributed by atoms with van der Waals surface area (Å²) in [6, 6.07) is 4.15. The maximum absolute atomic E-state index is 13.3. The maximum atomic E-state index is 13.3. The topological polar surface area (TPSA) is 46.2 Å². The van der Waals surface area contributed by atoms with Gasteiger partial charge in [-0.15, -0.1) is 0 Å². The fourth-order valence-electron chi connectivity index (χ4n) is 1.16. The molecule has 0 radical (unpaired) electrons. The molecule has 0 spiro atoms. The molecule has 2 atom stereocenters. The van der Waals surface area contributed by atoms with Crippen LogP contribution in [0.2, 0.25) is 0 Å². The lowest BCUT2D eigenvalue weighted by atomic mass is 10.0. The van der Waals surface area contributed by atoms with Gasteiger partial charge in [-0.05, 0) is 25.5 Å². The summed E-state index contributed by atoms with van der Waals surface area (Å²) in [7, 11) is 0. The molecule has 3 N–H and O–H groups in total. The van der Waals surface area contributed by atoms with E-state index in [2.05, 4.69) is 0 Å². The molecule has 1 rings (SSSR count). The molecule has 0 aliphatic rings. The maximum Gasteiger partial charge on any atom is 0.128 e. The van der Waals surface area contributed by atoms with Crippen LogP contribution in [0.3, 0.4) is 0 Å². The first-order chi connectivity index (χ1) is 6.02. The first-order valence-electron chi connectivity index (χ1n) is 4.22. The molecule has 0 aliphatic carbocycles. The van der Waals surface area contributed by atoms with E-state index in [-0.39, 0.29) is 5.82 Å². The van der Waals surface area contributed by atoms with Crippen molar-refractivity contribution in [2.75, 3.05) is 0 Å². The summed E-state index contributed by atoms with van der Waals surface area (Å²) in [5, 5.41) is 9.18. The smallest absolute Gasteiger partial charge is 0.128 e. The van der Waals surface area contributed by atoms with Crippen molar-refractivity contribution in [2.24, 2.45) is 5.73 Å². The molecule has 0 aromatic heterocycles. The predicted octanol–water partition coefficient (Wildman–Crippen LogP) is 1.51. The van der Waals surface area contributed by atoms with E-state index in [9.17, 15) is 9.50 Å². The Morgan fingerprint density at radius 2 is 2.08 bits per heavy atom. The number of nitrogens with two attached hydrogens (primary N) is 1. The van der Waals surface area contributed by atoms with Gasteiger partial charge in [0.15, 0.2) is 0 Å². The summed E-state index contributed by atoms with van der Waals surface area (Å²) in [4.78, 5) is 0. The predicted molar refractivity (Wildman–Crippen MR) is 49.7 cm³/mol. The Kier molecular flexibility index (Phi) is 3.01. The third-order valence-corrected chi connectivity index (χ3v) is 2.03. The van der Waals surface area contributed by atoms with Gasteiger partial charge in [-0.1, -0.05) is 12.1 Å². The molecule has 13 heavy (non-hydrogen) atoms. The second kappa shape index (κ2) is 3.85. The first kappa shape index (κ1) is 10.2. The number of rotatable bonds is 2. The lowest BCUT2D eigenvalue weighted by molar-refractivity contribution is 0.162. The number of hydrogen-bond acceptors (Lipinski definition) is 2. The van der Waals surface area contributed by atoms with Gasteiger partial charge in [0.1, 0.15) is 5.82 Å². The van der Waals surface area contributed by atoms with E-state index >= 15 is 0 Å². The Morgan fingerprint density at radius 1 is 1.46 bits per heavy atom. The zero-order chi connectivity index (χ0) is 10.0. The summed E-state index contributed by atoms with van der Waals surface area (Å²) in [6.45, 7) is 3.35. The molecule has 0 saturated heterocycles. The molecule has 1 aromatic carbocycles. The van der Waals surface area contributed by atoms with Crippen LogP contribution < -0.4 is 5.73 Å². The lowest BCUT2D eigenvalue weighted by Crippen LogP contribution is -2.24. The highest BCUT2D eigenvalue weighted by Gasteiger charge is 2.15. The van der Waals surface area contributed by atoms with Crippen molar-refractivity contribution >= 4 is 0 Å². The Balaban J connectivity index is 3.01. The standard InChI is InChI=1S/C10H14FNO/c1-6-3-4-8(9(11)5-6)10(12)7(2)13/h3-5,7,10,13H,12H2,1-2H3/t7-,10-/m1/s1. The SMILES string of the molecule is Cc1ccc([C@H](N)[C@@H](C)O)c(F)c1. The average molecular weight is 183 g/mol. The molecule has 1 aromatic rings. The highest BCUT2D eigenvalue weighted by Crippen LogP contribution is 2.18. The highest BCUT2D eigenvalue weighted by atomic mass is 19.1. The summed E-state index contributed by atoms with van der Waals surface area (Å²) in [6.07, 6.45) is -0.739. The van der Waals surface area contributed by atoms with E-state index in [0.717, 1.165) is 5.56 Å². The molecule has 2 nitrogen and oxygen atoms in total. The number of aliphatic hydroxyl groups excluding tert-OH is 1. The number of benzene rings is 1. The third kappa shape index (κ3) is 2.26. The van der Waals surface area contributed by atoms with Crippen LogP contribution >= 0.6 is 0 Å². The van der Waals surface area contributed by atoms with Crippen molar-refractivity contribution in [3.05, 3.63) is 35.1 Å². The molecule has 0 heterocycles. The van der Waals surface area contributed by atoms with Crippen molar-refractivity contribution in [2.45, 2.75) is 26.0 Å². The van der Waals surface area contributed by atoms with Crippen molar-refractivity contribution < 1.29 is 9.50 Å². The van der Waals surface area contributed by atoms with Crippen molar-refractivity contribution in [3.8, 4) is 0 Å². The fraction of sp³-hybridized carbons (Fsp3) is 0.400. The fourth-order valence-corrected chi connectivity index (χ4v) is 1.16. The average Bonchev–Trinajstić information content (AvgIpc) is 2.03. The zero-order valence-corrected chi connectivity index (χ0v) is 7.79. The minimum atomic E-state index is -0.739. The van der Waals surface area contributed by atoms with Gasteiger partial charge in [-0.3, -0.25) is 0 Å². The lowest BCUT2D eigenvalue weighted by Gasteiger charge is -2.15. The molecule has 0 unspecified atom stereocenters. The Bertz CT molecular complexity index is 299. The van der Waals surface area contributed by atoms with Gasteiger partial charge in [0.2, 0.25) is 0 Å². The molecule has 0 bridgehead atoms.